The van der Waals surface area contributed by atoms with Gasteiger partial charge in [0.15, 0.2) is 11.5 Å². The number of aromatic nitrogens is 2. The molecular formula is C23H30N4O3. The lowest BCUT2D eigenvalue weighted by Gasteiger charge is -2.34. The van der Waals surface area contributed by atoms with Gasteiger partial charge in [-0.1, -0.05) is 6.07 Å². The van der Waals surface area contributed by atoms with Crippen LogP contribution in [0.4, 0.5) is 0 Å². The van der Waals surface area contributed by atoms with Crippen LogP contribution in [-0.4, -0.2) is 66.1 Å². The second-order valence-corrected chi connectivity index (χ2v) is 7.48. The number of ether oxygens (including phenoxy) is 2. The minimum Gasteiger partial charge on any atom is -0.493 e. The zero-order valence-corrected chi connectivity index (χ0v) is 18.4. The van der Waals surface area contributed by atoms with Gasteiger partial charge in [0.05, 0.1) is 37.0 Å². The van der Waals surface area contributed by atoms with E-state index in [0.717, 1.165) is 48.0 Å². The monoisotopic (exact) mass is 410 g/mol. The summed E-state index contributed by atoms with van der Waals surface area (Å²) in [5, 5.41) is 0. The molecule has 1 saturated heterocycles. The Bertz CT molecular complexity index is 934. The Morgan fingerprint density at radius 3 is 2.30 bits per heavy atom. The molecule has 0 saturated carbocycles. The van der Waals surface area contributed by atoms with Crippen LogP contribution in [0.5, 0.6) is 11.5 Å². The molecular weight excluding hydrogens is 380 g/mol. The van der Waals surface area contributed by atoms with E-state index >= 15 is 0 Å². The first kappa shape index (κ1) is 21.8. The second kappa shape index (κ2) is 9.71. The maximum Gasteiger partial charge on any atom is 0.246 e. The van der Waals surface area contributed by atoms with Crippen molar-refractivity contribution in [1.82, 2.24) is 19.8 Å². The van der Waals surface area contributed by atoms with E-state index in [1.165, 1.54) is 0 Å². The van der Waals surface area contributed by atoms with Crippen molar-refractivity contribution in [1.29, 1.82) is 0 Å². The van der Waals surface area contributed by atoms with E-state index in [-0.39, 0.29) is 5.91 Å². The SMILES string of the molecule is COc1ccc(/C=C/C(=O)N2CCN(Cc3nc(C)c(C)nc3C)CC2)cc1OC. The highest BCUT2D eigenvalue weighted by Crippen LogP contribution is 2.28. The van der Waals surface area contributed by atoms with Crippen LogP contribution < -0.4 is 9.47 Å². The minimum absolute atomic E-state index is 0.0200. The van der Waals surface area contributed by atoms with Crippen LogP contribution in [0.25, 0.3) is 6.08 Å². The summed E-state index contributed by atoms with van der Waals surface area (Å²) in [5.41, 5.74) is 4.85. The van der Waals surface area contributed by atoms with Gasteiger partial charge in [0.1, 0.15) is 0 Å². The molecule has 3 rings (SSSR count). The van der Waals surface area contributed by atoms with Crippen LogP contribution in [0.2, 0.25) is 0 Å². The maximum atomic E-state index is 12.6. The van der Waals surface area contributed by atoms with Gasteiger partial charge in [0.25, 0.3) is 0 Å². The number of carbonyl (C=O) groups is 1. The fraction of sp³-hybridized carbons (Fsp3) is 0.435. The molecule has 30 heavy (non-hydrogen) atoms. The van der Waals surface area contributed by atoms with Crippen LogP contribution >= 0.6 is 0 Å². The van der Waals surface area contributed by atoms with E-state index in [9.17, 15) is 4.79 Å². The first-order valence-electron chi connectivity index (χ1n) is 10.1. The lowest BCUT2D eigenvalue weighted by atomic mass is 10.2. The van der Waals surface area contributed by atoms with Crippen molar-refractivity contribution in [3.63, 3.8) is 0 Å². The maximum absolute atomic E-state index is 12.6. The molecule has 7 heteroatoms. The Balaban J connectivity index is 1.55. The lowest BCUT2D eigenvalue weighted by Crippen LogP contribution is -2.48. The van der Waals surface area contributed by atoms with Gasteiger partial charge in [-0.25, -0.2) is 0 Å². The molecule has 7 nitrogen and oxygen atoms in total. The number of hydrogen-bond donors (Lipinski definition) is 0. The molecule has 160 valence electrons. The number of piperazine rings is 1. The van der Waals surface area contributed by atoms with Crippen molar-refractivity contribution in [2.24, 2.45) is 0 Å². The van der Waals surface area contributed by atoms with Crippen LogP contribution in [0.1, 0.15) is 28.3 Å². The van der Waals surface area contributed by atoms with Gasteiger partial charge >= 0.3 is 0 Å². The van der Waals surface area contributed by atoms with Crippen molar-refractivity contribution in [2.75, 3.05) is 40.4 Å². The number of methoxy groups -OCH3 is 2. The van der Waals surface area contributed by atoms with Gasteiger partial charge in [-0.2, -0.15) is 0 Å². The molecule has 0 atom stereocenters. The zero-order valence-electron chi connectivity index (χ0n) is 18.4. The van der Waals surface area contributed by atoms with E-state index in [2.05, 4.69) is 9.88 Å². The molecule has 1 amide bonds. The molecule has 1 aliphatic heterocycles. The van der Waals surface area contributed by atoms with Crippen LogP contribution in [0.15, 0.2) is 24.3 Å². The Morgan fingerprint density at radius 2 is 1.63 bits per heavy atom. The summed E-state index contributed by atoms with van der Waals surface area (Å²) in [4.78, 5) is 26.1. The summed E-state index contributed by atoms with van der Waals surface area (Å²) in [6, 6.07) is 5.59. The Morgan fingerprint density at radius 1 is 0.967 bits per heavy atom. The third kappa shape index (κ3) is 5.16. The fourth-order valence-electron chi connectivity index (χ4n) is 3.48. The molecule has 0 spiro atoms. The van der Waals surface area contributed by atoms with Crippen molar-refractivity contribution in [3.8, 4) is 11.5 Å². The molecule has 0 aliphatic carbocycles. The third-order valence-electron chi connectivity index (χ3n) is 5.46. The molecule has 1 fully saturated rings. The normalized spacial score (nSPS) is 14.9. The zero-order chi connectivity index (χ0) is 21.7. The summed E-state index contributed by atoms with van der Waals surface area (Å²) in [6.45, 7) is 9.80. The summed E-state index contributed by atoms with van der Waals surface area (Å²) < 4.78 is 10.6. The standard InChI is InChI=1S/C23H30N4O3/c1-16-17(2)25-20(18(3)24-16)15-26-10-12-27(13-11-26)23(28)9-7-19-6-8-21(29-4)22(14-19)30-5/h6-9,14H,10-13,15H2,1-5H3/b9-7+. The van der Waals surface area contributed by atoms with Crippen molar-refractivity contribution < 1.29 is 14.3 Å². The predicted molar refractivity (Wildman–Crippen MR) is 117 cm³/mol. The minimum atomic E-state index is 0.0200. The largest absolute Gasteiger partial charge is 0.493 e. The first-order valence-corrected chi connectivity index (χ1v) is 10.1. The molecule has 1 aromatic carbocycles. The molecule has 0 unspecified atom stereocenters. The fourth-order valence-corrected chi connectivity index (χ4v) is 3.48. The third-order valence-corrected chi connectivity index (χ3v) is 5.46. The van der Waals surface area contributed by atoms with Crippen molar-refractivity contribution in [3.05, 3.63) is 52.6 Å². The van der Waals surface area contributed by atoms with Crippen LogP contribution in [0, 0.1) is 20.8 Å². The summed E-state index contributed by atoms with van der Waals surface area (Å²) in [5.74, 6) is 1.33. The van der Waals surface area contributed by atoms with E-state index in [4.69, 9.17) is 14.5 Å². The van der Waals surface area contributed by atoms with Gasteiger partial charge in [-0.3, -0.25) is 19.7 Å². The van der Waals surface area contributed by atoms with E-state index in [1.54, 1.807) is 20.3 Å². The van der Waals surface area contributed by atoms with Crippen LogP contribution in [-0.2, 0) is 11.3 Å². The van der Waals surface area contributed by atoms with E-state index in [0.29, 0.717) is 24.6 Å². The summed E-state index contributed by atoms with van der Waals surface area (Å²) in [7, 11) is 3.20. The number of aryl methyl sites for hydroxylation is 3. The second-order valence-electron chi connectivity index (χ2n) is 7.48. The Kier molecular flexibility index (Phi) is 7.05. The van der Waals surface area contributed by atoms with Gasteiger partial charge < -0.3 is 14.4 Å². The quantitative estimate of drug-likeness (QED) is 0.682. The summed E-state index contributed by atoms with van der Waals surface area (Å²) >= 11 is 0. The van der Waals surface area contributed by atoms with Gasteiger partial charge in [-0.15, -0.1) is 0 Å². The first-order chi connectivity index (χ1) is 14.4. The lowest BCUT2D eigenvalue weighted by molar-refractivity contribution is -0.127. The number of benzene rings is 1. The topological polar surface area (TPSA) is 67.8 Å². The van der Waals surface area contributed by atoms with Gasteiger partial charge in [0.2, 0.25) is 5.91 Å². The number of rotatable bonds is 6. The average molecular weight is 411 g/mol. The van der Waals surface area contributed by atoms with E-state index in [1.807, 2.05) is 49.9 Å². The smallest absolute Gasteiger partial charge is 0.246 e. The molecule has 0 radical (unpaired) electrons. The highest BCUT2D eigenvalue weighted by molar-refractivity contribution is 5.92. The molecule has 1 aromatic heterocycles. The van der Waals surface area contributed by atoms with Crippen molar-refractivity contribution >= 4 is 12.0 Å². The number of hydrogen-bond acceptors (Lipinski definition) is 6. The Labute approximate surface area is 178 Å². The number of amides is 1. The number of carbonyl (C=O) groups excluding carboxylic acids is 1. The molecule has 2 aromatic rings. The van der Waals surface area contributed by atoms with Crippen LogP contribution in [0.3, 0.4) is 0 Å². The molecule has 0 N–H and O–H groups in total. The molecule has 1 aliphatic rings. The summed E-state index contributed by atoms with van der Waals surface area (Å²) in [6.07, 6.45) is 3.43. The predicted octanol–water partition coefficient (Wildman–Crippen LogP) is 2.78. The Hall–Kier alpha value is -2.93. The molecule has 2 heterocycles. The number of nitrogens with zero attached hydrogens (tertiary/aromatic N) is 4. The van der Waals surface area contributed by atoms with E-state index < -0.39 is 0 Å². The van der Waals surface area contributed by atoms with Gasteiger partial charge in [-0.05, 0) is 44.5 Å². The highest BCUT2D eigenvalue weighted by atomic mass is 16.5. The van der Waals surface area contributed by atoms with Crippen molar-refractivity contribution in [2.45, 2.75) is 27.3 Å². The molecule has 0 bridgehead atoms. The van der Waals surface area contributed by atoms with Gasteiger partial charge in [0, 0.05) is 38.8 Å². The highest BCUT2D eigenvalue weighted by Gasteiger charge is 2.21. The average Bonchev–Trinajstić information content (AvgIpc) is 2.76.